The fraction of sp³-hybridized carbons (Fsp3) is 0.481. The Hall–Kier alpha value is -2.64. The molecule has 174 valence electrons. The molecule has 0 N–H and O–H groups in total. The van der Waals surface area contributed by atoms with Gasteiger partial charge in [0.1, 0.15) is 5.82 Å². The molecule has 1 aromatic heterocycles. The second-order valence-electron chi connectivity index (χ2n) is 11.2. The van der Waals surface area contributed by atoms with E-state index in [0.717, 1.165) is 39.8 Å². The van der Waals surface area contributed by atoms with Gasteiger partial charge >= 0.3 is 7.12 Å². The number of carbonyl (C=O) groups excluding carboxylic acids is 1. The highest BCUT2D eigenvalue weighted by molar-refractivity contribution is 6.62. The van der Waals surface area contributed by atoms with Gasteiger partial charge in [-0.3, -0.25) is 4.79 Å². The van der Waals surface area contributed by atoms with Gasteiger partial charge in [-0.2, -0.15) is 0 Å². The van der Waals surface area contributed by atoms with Gasteiger partial charge in [0.05, 0.1) is 34.3 Å². The van der Waals surface area contributed by atoms with Crippen molar-refractivity contribution in [1.82, 2.24) is 14.5 Å². The van der Waals surface area contributed by atoms with Gasteiger partial charge in [0.15, 0.2) is 0 Å². The lowest BCUT2D eigenvalue weighted by Gasteiger charge is -2.32. The van der Waals surface area contributed by atoms with Crippen molar-refractivity contribution >= 4 is 29.5 Å². The molecule has 2 fully saturated rings. The van der Waals surface area contributed by atoms with Gasteiger partial charge in [-0.25, -0.2) is 4.98 Å². The predicted octanol–water partition coefficient (Wildman–Crippen LogP) is 4.33. The van der Waals surface area contributed by atoms with Crippen LogP contribution in [-0.2, 0) is 9.31 Å². The molecule has 3 aliphatic heterocycles. The van der Waals surface area contributed by atoms with E-state index in [9.17, 15) is 4.79 Å². The molecule has 2 atom stereocenters. The zero-order valence-corrected chi connectivity index (χ0v) is 20.0. The first kappa shape index (κ1) is 17.7. The molecular weight excluding hydrogens is 425 g/mol. The summed E-state index contributed by atoms with van der Waals surface area (Å²) in [7, 11) is -0.515. The first-order chi connectivity index (χ1) is 17.4. The van der Waals surface area contributed by atoms with E-state index in [4.69, 9.17) is 18.4 Å². The Morgan fingerprint density at radius 3 is 2.56 bits per heavy atom. The van der Waals surface area contributed by atoms with Crippen LogP contribution >= 0.6 is 0 Å². The molecular formula is C27H30BN3O3. The van der Waals surface area contributed by atoms with Crippen molar-refractivity contribution in [2.75, 3.05) is 6.98 Å². The maximum Gasteiger partial charge on any atom is 0.494 e. The van der Waals surface area contributed by atoms with Crippen LogP contribution in [0.4, 0.5) is 0 Å². The first-order valence-electron chi connectivity index (χ1n) is 13.7. The van der Waals surface area contributed by atoms with Gasteiger partial charge in [0, 0.05) is 23.1 Å². The molecule has 1 saturated carbocycles. The van der Waals surface area contributed by atoms with Crippen molar-refractivity contribution in [3.8, 4) is 0 Å². The predicted molar refractivity (Wildman–Crippen MR) is 131 cm³/mol. The van der Waals surface area contributed by atoms with E-state index < -0.39 is 37.2 Å². The van der Waals surface area contributed by atoms with Gasteiger partial charge in [0.25, 0.3) is 5.91 Å². The molecule has 1 saturated heterocycles. The summed E-state index contributed by atoms with van der Waals surface area (Å²) >= 11 is 0. The summed E-state index contributed by atoms with van der Waals surface area (Å²) in [6.45, 7) is 5.55. The summed E-state index contributed by atoms with van der Waals surface area (Å²) in [5.74, 6) is 0.618. The minimum atomic E-state index is -2.58. The van der Waals surface area contributed by atoms with E-state index in [-0.39, 0.29) is 6.04 Å². The number of nitrogens with zero attached hydrogens (tertiary/aromatic N) is 3. The number of rotatable bonds is 2. The van der Waals surface area contributed by atoms with Gasteiger partial charge in [0.2, 0.25) is 0 Å². The van der Waals surface area contributed by atoms with Crippen LogP contribution in [0.25, 0.3) is 11.0 Å². The van der Waals surface area contributed by atoms with Crippen LogP contribution in [0.5, 0.6) is 0 Å². The molecule has 0 spiro atoms. The Morgan fingerprint density at radius 2 is 1.85 bits per heavy atom. The van der Waals surface area contributed by atoms with Crippen LogP contribution in [0.15, 0.2) is 36.4 Å². The minimum Gasteiger partial charge on any atom is -0.399 e. The molecule has 34 heavy (non-hydrogen) atoms. The summed E-state index contributed by atoms with van der Waals surface area (Å²) in [6, 6.07) is 11.0. The highest BCUT2D eigenvalue weighted by Gasteiger charge is 2.52. The molecule has 0 unspecified atom stereocenters. The van der Waals surface area contributed by atoms with E-state index in [0.29, 0.717) is 23.7 Å². The first-order valence-corrected chi connectivity index (χ1v) is 12.2. The zero-order chi connectivity index (χ0) is 26.1. The van der Waals surface area contributed by atoms with Crippen molar-refractivity contribution in [3.05, 3.63) is 58.9 Å². The monoisotopic (exact) mass is 458 g/mol. The Kier molecular flexibility index (Phi) is 3.40. The van der Waals surface area contributed by atoms with E-state index in [1.165, 1.54) is 5.56 Å². The number of benzene rings is 2. The molecule has 6 nitrogen and oxygen atoms in total. The SMILES string of the molecule is [2H]C([2H])([2H])N1C(=O)c2cccc(C3CC3)c2[C@H]2C[C@@H]1c1nc3ccc(B4OC(C)(C)C(C)(C)O4)cc3n12. The Bertz CT molecular complexity index is 1460. The van der Waals surface area contributed by atoms with Crippen LogP contribution in [0.2, 0.25) is 0 Å². The molecule has 1 aliphatic carbocycles. The number of carbonyl (C=O) groups is 1. The Labute approximate surface area is 204 Å². The molecule has 4 aliphatic rings. The molecule has 2 bridgehead atoms. The van der Waals surface area contributed by atoms with Gasteiger partial charge in [-0.1, -0.05) is 18.2 Å². The molecule has 1 amide bonds. The third-order valence-electron chi connectivity index (χ3n) is 8.57. The maximum absolute atomic E-state index is 13.7. The standard InChI is InChI=1S/C27H30BN3O3/c1-26(2)27(3,4)34-28(33-26)16-11-12-19-20(13-16)31-21-14-22(24(31)29-19)30(5)25(32)18-8-6-7-17(23(18)21)15-9-10-15/h6-8,11-13,15,21-22H,9-10,14H2,1-5H3/t21-,22-/m1/s1/i5D3. The highest BCUT2D eigenvalue weighted by atomic mass is 16.7. The van der Waals surface area contributed by atoms with Gasteiger partial charge in [-0.15, -0.1) is 0 Å². The lowest BCUT2D eigenvalue weighted by Crippen LogP contribution is -2.41. The summed E-state index contributed by atoms with van der Waals surface area (Å²) in [5.41, 5.74) is 4.29. The van der Waals surface area contributed by atoms with Gasteiger partial charge < -0.3 is 18.8 Å². The number of imidazole rings is 1. The van der Waals surface area contributed by atoms with Crippen molar-refractivity contribution in [2.24, 2.45) is 0 Å². The summed E-state index contributed by atoms with van der Waals surface area (Å²) in [6.07, 6.45) is 2.68. The van der Waals surface area contributed by atoms with E-state index in [1.54, 1.807) is 6.07 Å². The van der Waals surface area contributed by atoms with E-state index in [2.05, 4.69) is 16.7 Å². The van der Waals surface area contributed by atoms with Crippen LogP contribution in [-0.4, -0.2) is 45.7 Å². The number of hydrogen-bond donors (Lipinski definition) is 0. The van der Waals surface area contributed by atoms with Crippen LogP contribution < -0.4 is 5.46 Å². The largest absolute Gasteiger partial charge is 0.494 e. The Morgan fingerprint density at radius 1 is 1.09 bits per heavy atom. The summed E-state index contributed by atoms with van der Waals surface area (Å²) in [5, 5.41) is 0. The minimum absolute atomic E-state index is 0.165. The number of hydrogen-bond acceptors (Lipinski definition) is 4. The normalized spacial score (nSPS) is 28.4. The fourth-order valence-corrected chi connectivity index (χ4v) is 5.87. The third kappa shape index (κ3) is 2.65. The van der Waals surface area contributed by atoms with Crippen molar-refractivity contribution in [1.29, 1.82) is 0 Å². The fourth-order valence-electron chi connectivity index (χ4n) is 5.87. The molecule has 7 rings (SSSR count). The van der Waals surface area contributed by atoms with Gasteiger partial charge in [-0.05, 0) is 81.2 Å². The average molecular weight is 458 g/mol. The van der Waals surface area contributed by atoms with Crippen LogP contribution in [0.3, 0.4) is 0 Å². The number of amides is 1. The quantitative estimate of drug-likeness (QED) is 0.537. The summed E-state index contributed by atoms with van der Waals surface area (Å²) < 4.78 is 39.6. The topological polar surface area (TPSA) is 56.6 Å². The number of fused-ring (bicyclic) bond motifs is 9. The number of aromatic nitrogens is 2. The maximum atomic E-state index is 13.7. The van der Waals surface area contributed by atoms with Crippen LogP contribution in [0.1, 0.15) is 96.4 Å². The van der Waals surface area contributed by atoms with E-state index >= 15 is 0 Å². The van der Waals surface area contributed by atoms with Crippen molar-refractivity contribution in [2.45, 2.75) is 76.2 Å². The molecule has 7 heteroatoms. The molecule has 3 aromatic rings. The van der Waals surface area contributed by atoms with Crippen molar-refractivity contribution in [3.63, 3.8) is 0 Å². The summed E-state index contributed by atoms with van der Waals surface area (Å²) in [4.78, 5) is 19.7. The second-order valence-corrected chi connectivity index (χ2v) is 11.2. The van der Waals surface area contributed by atoms with Crippen molar-refractivity contribution < 1.29 is 18.2 Å². The second kappa shape index (κ2) is 6.52. The lowest BCUT2D eigenvalue weighted by molar-refractivity contribution is 0.00578. The molecule has 4 heterocycles. The third-order valence-corrected chi connectivity index (χ3v) is 8.57. The lowest BCUT2D eigenvalue weighted by atomic mass is 9.79. The smallest absolute Gasteiger partial charge is 0.399 e. The zero-order valence-electron chi connectivity index (χ0n) is 23.0. The average Bonchev–Trinajstić information content (AvgIpc) is 3.47. The highest BCUT2D eigenvalue weighted by Crippen LogP contribution is 2.52. The molecule has 0 radical (unpaired) electrons. The molecule has 2 aromatic carbocycles. The Balaban J connectivity index is 1.44. The van der Waals surface area contributed by atoms with E-state index in [1.807, 2.05) is 45.9 Å². The van der Waals surface area contributed by atoms with Crippen LogP contribution in [0, 0.1) is 0 Å².